The van der Waals surface area contributed by atoms with Gasteiger partial charge in [-0.3, -0.25) is 4.79 Å². The second-order valence-corrected chi connectivity index (χ2v) is 5.32. The summed E-state index contributed by atoms with van der Waals surface area (Å²) in [6, 6.07) is 6.49. The van der Waals surface area contributed by atoms with Crippen molar-refractivity contribution >= 4 is 5.91 Å². The van der Waals surface area contributed by atoms with Crippen LogP contribution in [0.3, 0.4) is 0 Å². The normalized spacial score (nSPS) is 13.0. The van der Waals surface area contributed by atoms with E-state index in [-0.39, 0.29) is 17.9 Å². The Bertz CT molecular complexity index is 693. The number of rotatable bonds is 7. The summed E-state index contributed by atoms with van der Waals surface area (Å²) >= 11 is 0. The summed E-state index contributed by atoms with van der Waals surface area (Å²) < 4.78 is 20.9. The lowest BCUT2D eigenvalue weighted by Gasteiger charge is -2.22. The maximum Gasteiger partial charge on any atom is 0.255 e. The molecule has 1 aromatic heterocycles. The van der Waals surface area contributed by atoms with Gasteiger partial charge in [-0.1, -0.05) is 0 Å². The summed E-state index contributed by atoms with van der Waals surface area (Å²) in [5, 5.41) is 13.1. The first-order chi connectivity index (χ1) is 11.4. The molecule has 0 bridgehead atoms. The molecule has 0 saturated heterocycles. The molecule has 2 rings (SSSR count). The van der Waals surface area contributed by atoms with E-state index < -0.39 is 11.5 Å². The van der Waals surface area contributed by atoms with Crippen molar-refractivity contribution in [2.75, 3.05) is 27.9 Å². The molecule has 0 aliphatic heterocycles. The largest absolute Gasteiger partial charge is 0.493 e. The third-order valence-electron chi connectivity index (χ3n) is 3.59. The molecule has 7 nitrogen and oxygen atoms in total. The zero-order valence-electron chi connectivity index (χ0n) is 14.1. The van der Waals surface area contributed by atoms with Gasteiger partial charge in [0.15, 0.2) is 11.5 Å². The third-order valence-corrected chi connectivity index (χ3v) is 3.59. The Kier molecular flexibility index (Phi) is 5.35. The Labute approximate surface area is 140 Å². The highest BCUT2D eigenvalue weighted by atomic mass is 16.5. The molecule has 2 N–H and O–H groups in total. The van der Waals surface area contributed by atoms with Crippen LogP contribution in [0.1, 0.15) is 23.0 Å². The van der Waals surface area contributed by atoms with Crippen LogP contribution in [0.2, 0.25) is 0 Å². The molecule has 1 amide bonds. The SMILES string of the molecule is COc1ccc(C(=O)NCC(C)(O)c2ccco2)c(OC)c1OC. The number of furan rings is 1. The van der Waals surface area contributed by atoms with Crippen LogP contribution in [0.4, 0.5) is 0 Å². The van der Waals surface area contributed by atoms with Gasteiger partial charge in [-0.05, 0) is 31.2 Å². The minimum atomic E-state index is -1.33. The maximum atomic E-state index is 12.5. The molecule has 1 aromatic carbocycles. The van der Waals surface area contributed by atoms with Gasteiger partial charge in [0.2, 0.25) is 5.75 Å². The minimum absolute atomic E-state index is 0.0309. The van der Waals surface area contributed by atoms with Crippen LogP contribution in [0.15, 0.2) is 34.9 Å². The number of methoxy groups -OCH3 is 3. The predicted molar refractivity (Wildman–Crippen MR) is 86.7 cm³/mol. The van der Waals surface area contributed by atoms with Crippen LogP contribution in [-0.4, -0.2) is 38.9 Å². The second-order valence-electron chi connectivity index (χ2n) is 5.32. The molecule has 7 heteroatoms. The molecule has 24 heavy (non-hydrogen) atoms. The van der Waals surface area contributed by atoms with Crippen molar-refractivity contribution in [2.45, 2.75) is 12.5 Å². The van der Waals surface area contributed by atoms with Crippen molar-refractivity contribution < 1.29 is 28.5 Å². The van der Waals surface area contributed by atoms with Gasteiger partial charge in [-0.15, -0.1) is 0 Å². The van der Waals surface area contributed by atoms with E-state index in [9.17, 15) is 9.90 Å². The number of benzene rings is 1. The van der Waals surface area contributed by atoms with E-state index in [0.29, 0.717) is 17.3 Å². The van der Waals surface area contributed by atoms with E-state index in [1.165, 1.54) is 27.6 Å². The number of carbonyl (C=O) groups is 1. The van der Waals surface area contributed by atoms with Gasteiger partial charge >= 0.3 is 0 Å². The van der Waals surface area contributed by atoms with Crippen molar-refractivity contribution in [2.24, 2.45) is 0 Å². The van der Waals surface area contributed by atoms with Crippen LogP contribution >= 0.6 is 0 Å². The highest BCUT2D eigenvalue weighted by Gasteiger charge is 2.28. The fraction of sp³-hybridized carbons (Fsp3) is 0.353. The Morgan fingerprint density at radius 1 is 1.17 bits per heavy atom. The number of aliphatic hydroxyl groups is 1. The summed E-state index contributed by atoms with van der Waals surface area (Å²) in [5.41, 5.74) is -1.06. The zero-order valence-corrected chi connectivity index (χ0v) is 14.1. The number of nitrogens with one attached hydrogen (secondary N) is 1. The van der Waals surface area contributed by atoms with E-state index in [0.717, 1.165) is 0 Å². The molecule has 0 radical (unpaired) electrons. The second kappa shape index (κ2) is 7.27. The number of amides is 1. The number of hydrogen-bond donors (Lipinski definition) is 2. The van der Waals surface area contributed by atoms with Gasteiger partial charge in [0.05, 0.1) is 39.7 Å². The van der Waals surface area contributed by atoms with Crippen LogP contribution in [0.25, 0.3) is 0 Å². The minimum Gasteiger partial charge on any atom is -0.493 e. The zero-order chi connectivity index (χ0) is 17.7. The van der Waals surface area contributed by atoms with Crippen molar-refractivity contribution in [3.63, 3.8) is 0 Å². The summed E-state index contributed by atoms with van der Waals surface area (Å²) in [7, 11) is 4.40. The van der Waals surface area contributed by atoms with Gasteiger partial charge < -0.3 is 29.1 Å². The summed E-state index contributed by atoms with van der Waals surface area (Å²) in [4.78, 5) is 12.5. The predicted octanol–water partition coefficient (Wildman–Crippen LogP) is 1.94. The number of hydrogen-bond acceptors (Lipinski definition) is 6. The molecular weight excluding hydrogens is 314 g/mol. The lowest BCUT2D eigenvalue weighted by atomic mass is 10.0. The number of carbonyl (C=O) groups excluding carboxylic acids is 1. The fourth-order valence-electron chi connectivity index (χ4n) is 2.30. The van der Waals surface area contributed by atoms with Gasteiger partial charge in [-0.2, -0.15) is 0 Å². The Balaban J connectivity index is 2.21. The Morgan fingerprint density at radius 3 is 2.42 bits per heavy atom. The van der Waals surface area contributed by atoms with Crippen LogP contribution < -0.4 is 19.5 Å². The third kappa shape index (κ3) is 3.46. The van der Waals surface area contributed by atoms with Crippen molar-refractivity contribution in [3.8, 4) is 17.2 Å². The van der Waals surface area contributed by atoms with Crippen molar-refractivity contribution in [1.82, 2.24) is 5.32 Å². The first-order valence-electron chi connectivity index (χ1n) is 7.28. The molecule has 1 unspecified atom stereocenters. The average Bonchev–Trinajstić information content (AvgIpc) is 3.13. The summed E-state index contributed by atoms with van der Waals surface area (Å²) in [5.74, 6) is 0.979. The molecule has 0 fully saturated rings. The summed E-state index contributed by atoms with van der Waals surface area (Å²) in [6.07, 6.45) is 1.46. The van der Waals surface area contributed by atoms with Gasteiger partial charge in [0.1, 0.15) is 11.4 Å². The first-order valence-corrected chi connectivity index (χ1v) is 7.28. The quantitative estimate of drug-likeness (QED) is 0.804. The Morgan fingerprint density at radius 2 is 1.88 bits per heavy atom. The van der Waals surface area contributed by atoms with Gasteiger partial charge in [0.25, 0.3) is 5.91 Å². The molecular formula is C17H21NO6. The molecule has 1 heterocycles. The van der Waals surface area contributed by atoms with Crippen molar-refractivity contribution in [3.05, 3.63) is 41.9 Å². The van der Waals surface area contributed by atoms with E-state index in [4.69, 9.17) is 18.6 Å². The number of ether oxygens (including phenoxy) is 3. The van der Waals surface area contributed by atoms with Crippen LogP contribution in [0, 0.1) is 0 Å². The monoisotopic (exact) mass is 335 g/mol. The highest BCUT2D eigenvalue weighted by molar-refractivity contribution is 5.98. The molecule has 2 aromatic rings. The maximum absolute atomic E-state index is 12.5. The lowest BCUT2D eigenvalue weighted by molar-refractivity contribution is 0.0330. The molecule has 0 aliphatic carbocycles. The molecule has 0 saturated carbocycles. The molecule has 0 aliphatic rings. The van der Waals surface area contributed by atoms with Crippen LogP contribution in [0.5, 0.6) is 17.2 Å². The lowest BCUT2D eigenvalue weighted by Crippen LogP contribution is -2.38. The van der Waals surface area contributed by atoms with E-state index in [1.54, 1.807) is 31.2 Å². The smallest absolute Gasteiger partial charge is 0.255 e. The fourth-order valence-corrected chi connectivity index (χ4v) is 2.30. The Hall–Kier alpha value is -2.67. The standard InChI is InChI=1S/C17H21NO6/c1-17(20,13-6-5-9-24-13)10-18-16(19)11-7-8-12(21-2)15(23-4)14(11)22-3/h5-9,20H,10H2,1-4H3,(H,18,19). The first kappa shape index (κ1) is 17.7. The van der Waals surface area contributed by atoms with E-state index in [2.05, 4.69) is 5.32 Å². The van der Waals surface area contributed by atoms with E-state index >= 15 is 0 Å². The molecule has 1 atom stereocenters. The topological polar surface area (TPSA) is 90.2 Å². The van der Waals surface area contributed by atoms with Gasteiger partial charge in [-0.25, -0.2) is 0 Å². The average molecular weight is 335 g/mol. The van der Waals surface area contributed by atoms with Gasteiger partial charge in [0, 0.05) is 0 Å². The highest BCUT2D eigenvalue weighted by Crippen LogP contribution is 2.39. The summed E-state index contributed by atoms with van der Waals surface area (Å²) in [6.45, 7) is 1.52. The van der Waals surface area contributed by atoms with Crippen LogP contribution in [-0.2, 0) is 5.60 Å². The molecule has 0 spiro atoms. The van der Waals surface area contributed by atoms with Crippen molar-refractivity contribution in [1.29, 1.82) is 0 Å². The van der Waals surface area contributed by atoms with E-state index in [1.807, 2.05) is 0 Å². The molecule has 130 valence electrons.